The van der Waals surface area contributed by atoms with Crippen molar-refractivity contribution in [3.8, 4) is 0 Å². The number of rotatable bonds is 3. The molecular formula is C24H18ClFN2O3. The van der Waals surface area contributed by atoms with Gasteiger partial charge in [-0.1, -0.05) is 35.4 Å². The number of hydrogen-bond acceptors (Lipinski definition) is 4. The first kappa shape index (κ1) is 20.8. The van der Waals surface area contributed by atoms with E-state index >= 15 is 0 Å². The lowest BCUT2D eigenvalue weighted by Crippen LogP contribution is -2.29. The van der Waals surface area contributed by atoms with Gasteiger partial charge in [0.15, 0.2) is 0 Å². The lowest BCUT2D eigenvalue weighted by Gasteiger charge is -2.25. The second kappa shape index (κ2) is 7.96. The molecule has 1 atom stereocenters. The Kier molecular flexibility index (Phi) is 5.33. The Balaban J connectivity index is 1.98. The van der Waals surface area contributed by atoms with Gasteiger partial charge in [-0.2, -0.15) is 0 Å². The first-order valence-electron chi connectivity index (χ1n) is 9.54. The molecule has 1 saturated heterocycles. The summed E-state index contributed by atoms with van der Waals surface area (Å²) in [6.45, 7) is 3.67. The van der Waals surface area contributed by atoms with Crippen LogP contribution in [0.4, 0.5) is 10.1 Å². The molecule has 1 N–H and O–H groups in total. The van der Waals surface area contributed by atoms with Gasteiger partial charge in [0.1, 0.15) is 17.6 Å². The predicted molar refractivity (Wildman–Crippen MR) is 116 cm³/mol. The van der Waals surface area contributed by atoms with E-state index in [2.05, 4.69) is 4.98 Å². The highest BCUT2D eigenvalue weighted by Crippen LogP contribution is 2.42. The van der Waals surface area contributed by atoms with Gasteiger partial charge in [0.2, 0.25) is 0 Å². The number of aliphatic hydroxyl groups is 1. The summed E-state index contributed by atoms with van der Waals surface area (Å²) in [5.41, 5.74) is 2.62. The molecule has 5 nitrogen and oxygen atoms in total. The number of anilines is 1. The Morgan fingerprint density at radius 2 is 1.87 bits per heavy atom. The minimum atomic E-state index is -0.998. The van der Waals surface area contributed by atoms with Crippen LogP contribution in [0.2, 0.25) is 5.02 Å². The monoisotopic (exact) mass is 436 g/mol. The van der Waals surface area contributed by atoms with Crippen molar-refractivity contribution < 1.29 is 19.1 Å². The largest absolute Gasteiger partial charge is 0.507 e. The molecule has 0 aliphatic carbocycles. The zero-order valence-electron chi connectivity index (χ0n) is 16.8. The Hall–Kier alpha value is -3.51. The van der Waals surface area contributed by atoms with E-state index in [0.29, 0.717) is 11.3 Å². The normalized spacial score (nSPS) is 17.9. The van der Waals surface area contributed by atoms with Crippen LogP contribution in [0.5, 0.6) is 0 Å². The van der Waals surface area contributed by atoms with Crippen LogP contribution in [0.15, 0.2) is 66.4 Å². The number of amides is 1. The first-order chi connectivity index (χ1) is 14.8. The van der Waals surface area contributed by atoms with E-state index in [1.165, 1.54) is 23.2 Å². The molecule has 0 spiro atoms. The number of carbonyl (C=O) groups is 2. The molecule has 0 bridgehead atoms. The van der Waals surface area contributed by atoms with E-state index in [1.54, 1.807) is 31.2 Å². The molecule has 31 heavy (non-hydrogen) atoms. The van der Waals surface area contributed by atoms with Gasteiger partial charge in [-0.3, -0.25) is 19.5 Å². The van der Waals surface area contributed by atoms with Gasteiger partial charge in [-0.15, -0.1) is 0 Å². The van der Waals surface area contributed by atoms with Crippen molar-refractivity contribution in [2.24, 2.45) is 0 Å². The van der Waals surface area contributed by atoms with E-state index in [-0.39, 0.29) is 22.0 Å². The molecule has 7 heteroatoms. The van der Waals surface area contributed by atoms with Crippen LogP contribution in [-0.2, 0) is 9.59 Å². The van der Waals surface area contributed by atoms with Crippen molar-refractivity contribution in [1.29, 1.82) is 0 Å². The highest BCUT2D eigenvalue weighted by molar-refractivity contribution is 6.51. The third-order valence-corrected chi connectivity index (χ3v) is 5.53. The van der Waals surface area contributed by atoms with Crippen molar-refractivity contribution in [3.05, 3.63) is 99.6 Å². The molecule has 2 aromatic carbocycles. The van der Waals surface area contributed by atoms with Crippen molar-refractivity contribution in [3.63, 3.8) is 0 Å². The average molecular weight is 437 g/mol. The number of carbonyl (C=O) groups excluding carboxylic acids is 2. The zero-order chi connectivity index (χ0) is 22.3. The number of hydrogen-bond donors (Lipinski definition) is 1. The fourth-order valence-electron chi connectivity index (χ4n) is 3.69. The molecule has 1 aliphatic heterocycles. The van der Waals surface area contributed by atoms with Gasteiger partial charge in [-0.05, 0) is 55.8 Å². The van der Waals surface area contributed by atoms with Gasteiger partial charge in [-0.25, -0.2) is 4.39 Å². The number of aromatic nitrogens is 1. The summed E-state index contributed by atoms with van der Waals surface area (Å²) in [5.74, 6) is -2.64. The maximum Gasteiger partial charge on any atom is 0.300 e. The van der Waals surface area contributed by atoms with E-state index in [4.69, 9.17) is 11.6 Å². The summed E-state index contributed by atoms with van der Waals surface area (Å²) in [6.07, 6.45) is 1.53. The van der Waals surface area contributed by atoms with E-state index in [0.717, 1.165) is 17.2 Å². The molecule has 2 heterocycles. The van der Waals surface area contributed by atoms with Gasteiger partial charge in [0.05, 0.1) is 16.3 Å². The van der Waals surface area contributed by atoms with E-state index in [9.17, 15) is 19.1 Å². The molecule has 3 aromatic rings. The minimum Gasteiger partial charge on any atom is -0.507 e. The zero-order valence-corrected chi connectivity index (χ0v) is 17.5. The van der Waals surface area contributed by atoms with Crippen LogP contribution in [-0.4, -0.2) is 21.8 Å². The molecule has 0 saturated carbocycles. The number of aliphatic hydroxyl groups excluding tert-OH is 1. The van der Waals surface area contributed by atoms with Crippen molar-refractivity contribution >= 4 is 34.7 Å². The maximum absolute atomic E-state index is 13.7. The molecule has 1 fully saturated rings. The summed E-state index contributed by atoms with van der Waals surface area (Å²) < 4.78 is 13.7. The van der Waals surface area contributed by atoms with Crippen LogP contribution in [0.3, 0.4) is 0 Å². The number of benzene rings is 2. The van der Waals surface area contributed by atoms with Gasteiger partial charge in [0, 0.05) is 17.4 Å². The molecule has 1 amide bonds. The van der Waals surface area contributed by atoms with E-state index in [1.807, 2.05) is 19.1 Å². The van der Waals surface area contributed by atoms with Crippen molar-refractivity contribution in [2.45, 2.75) is 19.9 Å². The summed E-state index contributed by atoms with van der Waals surface area (Å²) >= 11 is 5.93. The maximum atomic E-state index is 13.7. The summed E-state index contributed by atoms with van der Waals surface area (Å²) in [4.78, 5) is 31.6. The minimum absolute atomic E-state index is 0.0853. The molecule has 1 aromatic heterocycles. The molecule has 1 unspecified atom stereocenters. The summed E-state index contributed by atoms with van der Waals surface area (Å²) in [7, 11) is 0. The van der Waals surface area contributed by atoms with Crippen LogP contribution < -0.4 is 4.90 Å². The molecule has 1 aliphatic rings. The predicted octanol–water partition coefficient (Wildman–Crippen LogP) is 5.12. The van der Waals surface area contributed by atoms with Crippen molar-refractivity contribution in [1.82, 2.24) is 4.98 Å². The number of nitrogens with zero attached hydrogens (tertiary/aromatic N) is 2. The summed E-state index contributed by atoms with van der Waals surface area (Å²) in [6, 6.07) is 13.3. The highest BCUT2D eigenvalue weighted by Gasteiger charge is 2.47. The molecule has 4 rings (SSSR count). The lowest BCUT2D eigenvalue weighted by atomic mass is 9.95. The van der Waals surface area contributed by atoms with Gasteiger partial charge in [0.25, 0.3) is 11.7 Å². The SMILES string of the molecule is Cc1ccc(C)c(/C(O)=C2\C(=O)C(=O)N(c3ccc(F)c(Cl)c3)C2c2ccccn2)c1. The lowest BCUT2D eigenvalue weighted by molar-refractivity contribution is -0.132. The molecular weight excluding hydrogens is 419 g/mol. The number of halogens is 2. The Bertz CT molecular complexity index is 1240. The molecule has 156 valence electrons. The number of ketones is 1. The number of Topliss-reactive ketones (excluding diaryl/α,β-unsaturated/α-hetero) is 1. The van der Waals surface area contributed by atoms with Gasteiger partial charge < -0.3 is 5.11 Å². The Morgan fingerprint density at radius 3 is 2.55 bits per heavy atom. The van der Waals surface area contributed by atoms with Crippen LogP contribution in [0, 0.1) is 19.7 Å². The topological polar surface area (TPSA) is 70.5 Å². The fourth-order valence-corrected chi connectivity index (χ4v) is 3.86. The number of pyridine rings is 1. The van der Waals surface area contributed by atoms with Crippen LogP contribution in [0.25, 0.3) is 5.76 Å². The highest BCUT2D eigenvalue weighted by atomic mass is 35.5. The number of aryl methyl sites for hydroxylation is 2. The van der Waals surface area contributed by atoms with Crippen molar-refractivity contribution in [2.75, 3.05) is 4.90 Å². The Labute approximate surface area is 183 Å². The average Bonchev–Trinajstić information content (AvgIpc) is 3.03. The van der Waals surface area contributed by atoms with Gasteiger partial charge >= 0.3 is 0 Å². The third kappa shape index (κ3) is 3.59. The summed E-state index contributed by atoms with van der Waals surface area (Å²) in [5, 5.41) is 11.0. The first-order valence-corrected chi connectivity index (χ1v) is 9.92. The molecule has 0 radical (unpaired) electrons. The Morgan fingerprint density at radius 1 is 1.10 bits per heavy atom. The fraction of sp³-hybridized carbons (Fsp3) is 0.125. The van der Waals surface area contributed by atoms with Crippen LogP contribution >= 0.6 is 11.6 Å². The third-order valence-electron chi connectivity index (χ3n) is 5.24. The smallest absolute Gasteiger partial charge is 0.300 e. The van der Waals surface area contributed by atoms with E-state index < -0.39 is 23.5 Å². The van der Waals surface area contributed by atoms with Crippen LogP contribution in [0.1, 0.15) is 28.4 Å². The second-order valence-corrected chi connectivity index (χ2v) is 7.75. The standard InChI is InChI=1S/C24H18ClFN2O3/c1-13-6-7-14(2)16(11-13)22(29)20-21(19-5-3-4-10-27-19)28(24(31)23(20)30)15-8-9-18(26)17(25)12-15/h3-12,21,29H,1-2H3/b22-20+. The quantitative estimate of drug-likeness (QED) is 0.351. The second-order valence-electron chi connectivity index (χ2n) is 7.34.